The molecule has 3 N–H and O–H groups in total. The number of alkyl halides is 2. The van der Waals surface area contributed by atoms with Crippen LogP contribution in [0.1, 0.15) is 18.1 Å². The Bertz CT molecular complexity index is 900. The Morgan fingerprint density at radius 1 is 1.20 bits per heavy atom. The van der Waals surface area contributed by atoms with Crippen LogP contribution in [0.2, 0.25) is 0 Å². The highest BCUT2D eigenvalue weighted by Gasteiger charge is 2.20. The summed E-state index contributed by atoms with van der Waals surface area (Å²) in [4.78, 5) is 4.33. The van der Waals surface area contributed by atoms with Crippen LogP contribution in [-0.2, 0) is 13.1 Å². The number of nitrogens with one attached hydrogen (secondary N) is 2. The number of benzene rings is 2. The molecule has 2 aromatic rings. The van der Waals surface area contributed by atoms with Gasteiger partial charge in [0.1, 0.15) is 5.75 Å². The van der Waals surface area contributed by atoms with Crippen LogP contribution < -0.4 is 24.8 Å². The third kappa shape index (κ3) is 6.21. The fraction of sp³-hybridized carbons (Fsp3) is 0.316. The van der Waals surface area contributed by atoms with Crippen molar-refractivity contribution >= 4 is 29.9 Å². The summed E-state index contributed by atoms with van der Waals surface area (Å²) < 4.78 is 54.0. The summed E-state index contributed by atoms with van der Waals surface area (Å²) >= 11 is 0. The molecule has 0 amide bonds. The van der Waals surface area contributed by atoms with E-state index in [1.807, 2.05) is 6.92 Å². The summed E-state index contributed by atoms with van der Waals surface area (Å²) in [6.45, 7) is -0.294. The van der Waals surface area contributed by atoms with E-state index in [9.17, 15) is 18.3 Å². The minimum atomic E-state index is -2.99. The minimum absolute atomic E-state index is 0. The van der Waals surface area contributed by atoms with Gasteiger partial charge in [-0.3, -0.25) is 0 Å². The van der Waals surface area contributed by atoms with Crippen LogP contribution in [0.4, 0.5) is 13.2 Å². The average Bonchev–Trinajstić information content (AvgIpc) is 3.13. The van der Waals surface area contributed by atoms with Crippen molar-refractivity contribution in [1.29, 1.82) is 0 Å². The second kappa shape index (κ2) is 11.0. The Balaban J connectivity index is 0.00000320. The first-order valence-electron chi connectivity index (χ1n) is 8.83. The van der Waals surface area contributed by atoms with E-state index in [1.54, 1.807) is 12.1 Å². The molecule has 2 aromatic carbocycles. The van der Waals surface area contributed by atoms with Gasteiger partial charge in [-0.1, -0.05) is 6.07 Å². The number of fused-ring (bicyclic) bond motifs is 1. The second-order valence-electron chi connectivity index (χ2n) is 6.03. The zero-order valence-corrected chi connectivity index (χ0v) is 18.3. The van der Waals surface area contributed by atoms with Gasteiger partial charge in [-0.2, -0.15) is 8.78 Å². The second-order valence-corrected chi connectivity index (χ2v) is 6.03. The first kappa shape index (κ1) is 23.7. The number of halogens is 4. The first-order chi connectivity index (χ1) is 14.0. The Morgan fingerprint density at radius 2 is 1.93 bits per heavy atom. The molecule has 0 unspecified atom stereocenters. The number of guanidine groups is 1. The maximum atomic E-state index is 13.5. The summed E-state index contributed by atoms with van der Waals surface area (Å²) in [5.74, 6) is -0.0407. The molecular weight excluding hydrogens is 518 g/mol. The van der Waals surface area contributed by atoms with Gasteiger partial charge in [0.15, 0.2) is 29.0 Å². The van der Waals surface area contributed by atoms with Crippen molar-refractivity contribution in [3.63, 3.8) is 0 Å². The lowest BCUT2D eigenvalue weighted by molar-refractivity contribution is -0.0505. The minimum Gasteiger partial charge on any atom is -0.505 e. The molecule has 0 aromatic heterocycles. The average molecular weight is 539 g/mol. The van der Waals surface area contributed by atoms with Crippen molar-refractivity contribution < 1.29 is 32.5 Å². The molecule has 0 radical (unpaired) electrons. The van der Waals surface area contributed by atoms with Gasteiger partial charge in [0.2, 0.25) is 6.79 Å². The van der Waals surface area contributed by atoms with E-state index in [1.165, 1.54) is 18.2 Å². The summed E-state index contributed by atoms with van der Waals surface area (Å²) in [5, 5.41) is 15.3. The molecule has 0 aliphatic carbocycles. The molecule has 0 bridgehead atoms. The van der Waals surface area contributed by atoms with E-state index in [-0.39, 0.29) is 49.6 Å². The lowest BCUT2D eigenvalue weighted by Gasteiger charge is -2.15. The van der Waals surface area contributed by atoms with E-state index in [0.717, 1.165) is 0 Å². The van der Waals surface area contributed by atoms with Gasteiger partial charge in [0, 0.05) is 24.7 Å². The van der Waals surface area contributed by atoms with E-state index < -0.39 is 18.2 Å². The van der Waals surface area contributed by atoms with Crippen molar-refractivity contribution in [2.75, 3.05) is 13.3 Å². The maximum Gasteiger partial charge on any atom is 0.387 e. The molecule has 30 heavy (non-hydrogen) atoms. The largest absolute Gasteiger partial charge is 0.505 e. The van der Waals surface area contributed by atoms with Crippen LogP contribution in [0.3, 0.4) is 0 Å². The third-order valence-corrected chi connectivity index (χ3v) is 3.99. The SMILES string of the molecule is CCNC(=NCc1ccc(O)c(F)c1)NCc1cc2c(cc1OC(F)F)OCO2.I. The fourth-order valence-corrected chi connectivity index (χ4v) is 2.65. The zero-order valence-electron chi connectivity index (χ0n) is 16.0. The first-order valence-corrected chi connectivity index (χ1v) is 8.83. The lowest BCUT2D eigenvalue weighted by Crippen LogP contribution is -2.36. The number of phenols is 1. The summed E-state index contributed by atoms with van der Waals surface area (Å²) in [6.07, 6.45) is 0. The topological polar surface area (TPSA) is 84.3 Å². The van der Waals surface area contributed by atoms with Gasteiger partial charge >= 0.3 is 6.61 Å². The van der Waals surface area contributed by atoms with Gasteiger partial charge < -0.3 is 30.0 Å². The number of hydrogen-bond donors (Lipinski definition) is 3. The van der Waals surface area contributed by atoms with Crippen LogP contribution in [-0.4, -0.2) is 31.0 Å². The molecule has 164 valence electrons. The van der Waals surface area contributed by atoms with Crippen LogP contribution in [0.15, 0.2) is 35.3 Å². The van der Waals surface area contributed by atoms with Gasteiger partial charge in [0.05, 0.1) is 6.54 Å². The molecule has 1 aliphatic heterocycles. The van der Waals surface area contributed by atoms with E-state index >= 15 is 0 Å². The fourth-order valence-electron chi connectivity index (χ4n) is 2.65. The number of aromatic hydroxyl groups is 1. The quantitative estimate of drug-likeness (QED) is 0.283. The van der Waals surface area contributed by atoms with E-state index in [2.05, 4.69) is 20.4 Å². The smallest absolute Gasteiger partial charge is 0.387 e. The van der Waals surface area contributed by atoms with E-state index in [4.69, 9.17) is 9.47 Å². The highest BCUT2D eigenvalue weighted by atomic mass is 127. The van der Waals surface area contributed by atoms with Crippen LogP contribution in [0, 0.1) is 5.82 Å². The molecule has 0 fully saturated rings. The number of nitrogens with zero attached hydrogens (tertiary/aromatic N) is 1. The molecule has 0 saturated heterocycles. The Hall–Kier alpha value is -2.57. The van der Waals surface area contributed by atoms with Crippen molar-refractivity contribution in [2.45, 2.75) is 26.6 Å². The van der Waals surface area contributed by atoms with Crippen molar-refractivity contribution in [1.82, 2.24) is 10.6 Å². The molecule has 0 saturated carbocycles. The Kier molecular flexibility index (Phi) is 8.69. The Morgan fingerprint density at radius 3 is 2.60 bits per heavy atom. The summed E-state index contributed by atoms with van der Waals surface area (Å²) in [7, 11) is 0. The number of phenolic OH excluding ortho intramolecular Hbond substituents is 1. The maximum absolute atomic E-state index is 13.5. The van der Waals surface area contributed by atoms with Gasteiger partial charge in [-0.25, -0.2) is 9.38 Å². The lowest BCUT2D eigenvalue weighted by atomic mass is 10.1. The third-order valence-electron chi connectivity index (χ3n) is 3.99. The molecule has 1 aliphatic rings. The summed E-state index contributed by atoms with van der Waals surface area (Å²) in [6, 6.07) is 6.91. The predicted octanol–water partition coefficient (Wildman–Crippen LogP) is 3.73. The predicted molar refractivity (Wildman–Crippen MR) is 114 cm³/mol. The summed E-state index contributed by atoms with van der Waals surface area (Å²) in [5.41, 5.74) is 0.984. The zero-order chi connectivity index (χ0) is 20.8. The number of aliphatic imine (C=N–C) groups is 1. The van der Waals surface area contributed by atoms with Gasteiger partial charge in [-0.05, 0) is 30.7 Å². The molecule has 0 spiro atoms. The van der Waals surface area contributed by atoms with Crippen molar-refractivity contribution in [3.8, 4) is 23.0 Å². The Labute approximate surface area is 188 Å². The highest BCUT2D eigenvalue weighted by Crippen LogP contribution is 2.38. The molecule has 0 atom stereocenters. The van der Waals surface area contributed by atoms with Crippen LogP contribution in [0.25, 0.3) is 0 Å². The molecular formula is C19H21F3IN3O4. The normalized spacial score (nSPS) is 12.5. The van der Waals surface area contributed by atoms with Gasteiger partial charge in [0.25, 0.3) is 0 Å². The van der Waals surface area contributed by atoms with E-state index in [0.29, 0.717) is 35.1 Å². The number of rotatable bonds is 7. The standard InChI is InChI=1S/C19H20F3N3O4.HI/c1-2-23-19(24-8-11-3-4-14(26)13(20)5-11)25-9-12-6-16-17(28-10-27-16)7-15(12)29-18(21)22;/h3-7,18,26H,2,8-10H2,1H3,(H2,23,24,25);1H. The van der Waals surface area contributed by atoms with Crippen molar-refractivity contribution in [2.24, 2.45) is 4.99 Å². The molecule has 1 heterocycles. The van der Waals surface area contributed by atoms with Crippen molar-refractivity contribution in [3.05, 3.63) is 47.3 Å². The van der Waals surface area contributed by atoms with Crippen LogP contribution in [0.5, 0.6) is 23.0 Å². The number of hydrogen-bond acceptors (Lipinski definition) is 5. The monoisotopic (exact) mass is 539 g/mol. The van der Waals surface area contributed by atoms with Gasteiger partial charge in [-0.15, -0.1) is 24.0 Å². The molecule has 7 nitrogen and oxygen atoms in total. The highest BCUT2D eigenvalue weighted by molar-refractivity contribution is 14.0. The molecule has 3 rings (SSSR count). The van der Waals surface area contributed by atoms with Crippen LogP contribution >= 0.6 is 24.0 Å². The number of ether oxygens (including phenoxy) is 3. The molecule has 11 heteroatoms.